The molecule has 0 amide bonds. The van der Waals surface area contributed by atoms with Crippen LogP contribution in [0.5, 0.6) is 0 Å². The zero-order valence-electron chi connectivity index (χ0n) is 10.0. The lowest BCUT2D eigenvalue weighted by Gasteiger charge is -2.22. The quantitative estimate of drug-likeness (QED) is 0.469. The van der Waals surface area contributed by atoms with Crippen molar-refractivity contribution >= 4 is 16.0 Å². The average molecular weight is 315 g/mol. The van der Waals surface area contributed by atoms with Gasteiger partial charge in [0.05, 0.1) is 19.0 Å². The third kappa shape index (κ3) is 4.26. The summed E-state index contributed by atoms with van der Waals surface area (Å²) < 4.78 is 61.1. The number of aliphatic hydroxyl groups is 1. The maximum absolute atomic E-state index is 12.3. The Balaban J connectivity index is 3.08. The van der Waals surface area contributed by atoms with Crippen LogP contribution in [0.2, 0.25) is 0 Å². The molecule has 0 atom stereocenters. The average Bonchev–Trinajstić information content (AvgIpc) is 2.37. The van der Waals surface area contributed by atoms with Gasteiger partial charge >= 0.3 is 6.18 Å². The maximum Gasteiger partial charge on any atom is 0.402 e. The minimum Gasteiger partial charge on any atom is -0.395 e. The van der Waals surface area contributed by atoms with E-state index in [2.05, 4.69) is 9.97 Å². The molecule has 0 aliphatic heterocycles. The number of anilines is 1. The number of hydrazine groups is 1. The molecule has 8 nitrogen and oxygen atoms in total. The second-order valence-electron chi connectivity index (χ2n) is 3.56. The fourth-order valence-electron chi connectivity index (χ4n) is 1.27. The van der Waals surface area contributed by atoms with Gasteiger partial charge in [-0.3, -0.25) is 5.43 Å². The minimum atomic E-state index is -4.73. The lowest BCUT2D eigenvalue weighted by Crippen LogP contribution is -2.40. The number of sulfonamides is 1. The number of nitrogens with one attached hydrogen (secondary N) is 1. The summed E-state index contributed by atoms with van der Waals surface area (Å²) >= 11 is 0. The minimum absolute atomic E-state index is 0.0894. The molecule has 0 fully saturated rings. The summed E-state index contributed by atoms with van der Waals surface area (Å²) in [5, 5.41) is 8.69. The van der Waals surface area contributed by atoms with E-state index in [1.165, 1.54) is 0 Å². The number of rotatable bonds is 6. The van der Waals surface area contributed by atoms with Crippen LogP contribution in [-0.2, 0) is 10.0 Å². The van der Waals surface area contributed by atoms with Crippen LogP contribution in [0.25, 0.3) is 0 Å². The van der Waals surface area contributed by atoms with E-state index < -0.39 is 40.8 Å². The van der Waals surface area contributed by atoms with E-state index >= 15 is 0 Å². The van der Waals surface area contributed by atoms with E-state index in [1.807, 2.05) is 5.43 Å². The first-order valence-corrected chi connectivity index (χ1v) is 6.61. The number of nitrogens with zero attached hydrogens (tertiary/aromatic N) is 3. The molecular weight excluding hydrogens is 303 g/mol. The van der Waals surface area contributed by atoms with Crippen molar-refractivity contribution in [3.8, 4) is 0 Å². The Bertz CT molecular complexity index is 533. The number of aliphatic hydroxyl groups excluding tert-OH is 1. The van der Waals surface area contributed by atoms with Gasteiger partial charge in [-0.25, -0.2) is 24.2 Å². The number of hydrogen-bond donors (Lipinski definition) is 3. The van der Waals surface area contributed by atoms with Crippen molar-refractivity contribution in [3.05, 3.63) is 12.4 Å². The lowest BCUT2D eigenvalue weighted by molar-refractivity contribution is -0.136. The third-order valence-electron chi connectivity index (χ3n) is 2.10. The summed E-state index contributed by atoms with van der Waals surface area (Å²) in [6.07, 6.45) is -3.10. The Morgan fingerprint density at radius 3 is 2.30 bits per heavy atom. The second kappa shape index (κ2) is 6.30. The highest BCUT2D eigenvalue weighted by atomic mass is 32.2. The Labute approximate surface area is 112 Å². The fraction of sp³-hybridized carbons (Fsp3) is 0.500. The molecule has 0 bridgehead atoms. The summed E-state index contributed by atoms with van der Waals surface area (Å²) in [7, 11) is -4.46. The number of halogens is 3. The van der Waals surface area contributed by atoms with Crippen molar-refractivity contribution in [1.82, 2.24) is 14.3 Å². The second-order valence-corrected chi connectivity index (χ2v) is 5.50. The molecule has 0 unspecified atom stereocenters. The van der Waals surface area contributed by atoms with Crippen LogP contribution in [0.3, 0.4) is 0 Å². The zero-order chi connectivity index (χ0) is 15.4. The van der Waals surface area contributed by atoms with Crippen molar-refractivity contribution < 1.29 is 26.7 Å². The van der Waals surface area contributed by atoms with E-state index in [0.29, 0.717) is 0 Å². The summed E-state index contributed by atoms with van der Waals surface area (Å²) in [4.78, 5) is 6.48. The highest BCUT2D eigenvalue weighted by molar-refractivity contribution is 7.89. The predicted molar refractivity (Wildman–Crippen MR) is 61.7 cm³/mol. The van der Waals surface area contributed by atoms with Crippen molar-refractivity contribution in [2.75, 3.05) is 25.1 Å². The molecule has 0 radical (unpaired) electrons. The first-order valence-electron chi connectivity index (χ1n) is 5.17. The van der Waals surface area contributed by atoms with Crippen LogP contribution < -0.4 is 11.3 Å². The molecule has 0 saturated carbocycles. The highest BCUT2D eigenvalue weighted by Crippen LogP contribution is 2.21. The van der Waals surface area contributed by atoms with E-state index in [4.69, 9.17) is 10.9 Å². The number of nitrogens with two attached hydrogens (primary N) is 1. The third-order valence-corrected chi connectivity index (χ3v) is 3.90. The van der Waals surface area contributed by atoms with Crippen LogP contribution in [0.15, 0.2) is 17.3 Å². The molecule has 114 valence electrons. The lowest BCUT2D eigenvalue weighted by atomic mass is 10.6. The molecule has 1 heterocycles. The van der Waals surface area contributed by atoms with Gasteiger partial charge < -0.3 is 5.11 Å². The molecule has 4 N–H and O–H groups in total. The van der Waals surface area contributed by atoms with E-state index in [9.17, 15) is 21.6 Å². The van der Waals surface area contributed by atoms with Gasteiger partial charge in [-0.1, -0.05) is 0 Å². The first kappa shape index (κ1) is 16.6. The largest absolute Gasteiger partial charge is 0.402 e. The Morgan fingerprint density at radius 1 is 1.35 bits per heavy atom. The SMILES string of the molecule is NNc1ncc(S(=O)(=O)N(CCO)CC(F)(F)F)cn1. The Hall–Kier alpha value is -1.50. The summed E-state index contributed by atoms with van der Waals surface area (Å²) in [5.41, 5.74) is 2.05. The summed E-state index contributed by atoms with van der Waals surface area (Å²) in [6.45, 7) is -3.16. The van der Waals surface area contributed by atoms with Crippen LogP contribution in [-0.4, -0.2) is 53.7 Å². The number of aromatic nitrogens is 2. The molecule has 12 heteroatoms. The Kier molecular flexibility index (Phi) is 5.21. The number of hydrogen-bond acceptors (Lipinski definition) is 7. The number of nitrogen functional groups attached to an aromatic ring is 1. The van der Waals surface area contributed by atoms with Crippen molar-refractivity contribution in [2.45, 2.75) is 11.1 Å². The van der Waals surface area contributed by atoms with Crippen molar-refractivity contribution in [2.24, 2.45) is 5.84 Å². The van der Waals surface area contributed by atoms with Crippen LogP contribution in [0.4, 0.5) is 19.1 Å². The highest BCUT2D eigenvalue weighted by Gasteiger charge is 2.37. The smallest absolute Gasteiger partial charge is 0.395 e. The molecule has 1 rings (SSSR count). The van der Waals surface area contributed by atoms with Crippen LogP contribution >= 0.6 is 0 Å². The van der Waals surface area contributed by atoms with Gasteiger partial charge in [0.15, 0.2) is 0 Å². The molecule has 0 aliphatic carbocycles. The summed E-state index contributed by atoms with van der Waals surface area (Å²) in [5.74, 6) is 4.89. The van der Waals surface area contributed by atoms with E-state index in [0.717, 1.165) is 12.4 Å². The van der Waals surface area contributed by atoms with Gasteiger partial charge in [0.1, 0.15) is 11.4 Å². The van der Waals surface area contributed by atoms with Crippen LogP contribution in [0, 0.1) is 0 Å². The summed E-state index contributed by atoms with van der Waals surface area (Å²) in [6, 6.07) is 0. The molecule has 20 heavy (non-hydrogen) atoms. The van der Waals surface area contributed by atoms with Gasteiger partial charge in [-0.05, 0) is 0 Å². The standard InChI is InChI=1S/C8H12F3N5O3S/c9-8(10,11)5-16(1-2-17)20(18,19)6-3-13-7(15-12)14-4-6/h3-4,17H,1-2,5,12H2,(H,13,14,15). The molecule has 1 aromatic rings. The Morgan fingerprint density at radius 2 is 1.90 bits per heavy atom. The monoisotopic (exact) mass is 315 g/mol. The molecular formula is C8H12F3N5O3S. The van der Waals surface area contributed by atoms with E-state index in [-0.39, 0.29) is 10.3 Å². The van der Waals surface area contributed by atoms with Gasteiger partial charge in [-0.15, -0.1) is 0 Å². The van der Waals surface area contributed by atoms with E-state index in [1.54, 1.807) is 0 Å². The normalized spacial score (nSPS) is 12.7. The molecule has 0 spiro atoms. The van der Waals surface area contributed by atoms with Crippen molar-refractivity contribution in [1.29, 1.82) is 0 Å². The fourth-order valence-corrected chi connectivity index (χ4v) is 2.58. The molecule has 0 aliphatic rings. The predicted octanol–water partition coefficient (Wildman–Crippen LogP) is -0.692. The molecule has 0 aromatic carbocycles. The molecule has 0 saturated heterocycles. The van der Waals surface area contributed by atoms with Gasteiger partial charge in [-0.2, -0.15) is 17.5 Å². The maximum atomic E-state index is 12.3. The number of alkyl halides is 3. The topological polar surface area (TPSA) is 121 Å². The van der Waals surface area contributed by atoms with Crippen LogP contribution in [0.1, 0.15) is 0 Å². The van der Waals surface area contributed by atoms with Crippen molar-refractivity contribution in [3.63, 3.8) is 0 Å². The zero-order valence-corrected chi connectivity index (χ0v) is 10.8. The van der Waals surface area contributed by atoms with Gasteiger partial charge in [0.25, 0.3) is 0 Å². The molecule has 1 aromatic heterocycles. The first-order chi connectivity index (χ1) is 9.20. The van der Waals surface area contributed by atoms with Gasteiger partial charge in [0.2, 0.25) is 16.0 Å². The van der Waals surface area contributed by atoms with Gasteiger partial charge in [0, 0.05) is 6.54 Å².